The Labute approximate surface area is 115 Å². The summed E-state index contributed by atoms with van der Waals surface area (Å²) in [6.45, 7) is 4.37. The van der Waals surface area contributed by atoms with Crippen molar-refractivity contribution in [2.75, 3.05) is 6.54 Å². The fraction of sp³-hybridized carbons (Fsp3) is 0.353. The molecule has 0 radical (unpaired) electrons. The van der Waals surface area contributed by atoms with Crippen molar-refractivity contribution in [2.45, 2.75) is 32.4 Å². The summed E-state index contributed by atoms with van der Waals surface area (Å²) in [5.41, 5.74) is 3.96. The second-order valence-corrected chi connectivity index (χ2v) is 5.32. The van der Waals surface area contributed by atoms with Crippen LogP contribution in [0.3, 0.4) is 0 Å². The SMILES string of the molecule is Cc1cccnc1[C@H]1CCCN1Cc1ccccc1. The summed E-state index contributed by atoms with van der Waals surface area (Å²) in [6.07, 6.45) is 4.42. The van der Waals surface area contributed by atoms with E-state index in [9.17, 15) is 0 Å². The zero-order chi connectivity index (χ0) is 13.1. The first-order valence-corrected chi connectivity index (χ1v) is 7.04. The number of nitrogens with zero attached hydrogens (tertiary/aromatic N) is 2. The van der Waals surface area contributed by atoms with Gasteiger partial charge in [-0.15, -0.1) is 0 Å². The van der Waals surface area contributed by atoms with E-state index in [0.29, 0.717) is 6.04 Å². The number of likely N-dealkylation sites (tertiary alicyclic amines) is 1. The summed E-state index contributed by atoms with van der Waals surface area (Å²) in [6, 6.07) is 15.4. The van der Waals surface area contributed by atoms with Gasteiger partial charge in [0, 0.05) is 12.7 Å². The second kappa shape index (κ2) is 5.54. The quantitative estimate of drug-likeness (QED) is 0.827. The Morgan fingerprint density at radius 3 is 2.79 bits per heavy atom. The number of benzene rings is 1. The predicted octanol–water partition coefficient (Wildman–Crippen LogP) is 3.73. The molecule has 98 valence electrons. The molecule has 0 spiro atoms. The van der Waals surface area contributed by atoms with Gasteiger partial charge in [0.15, 0.2) is 0 Å². The number of hydrogen-bond acceptors (Lipinski definition) is 2. The lowest BCUT2D eigenvalue weighted by molar-refractivity contribution is 0.243. The lowest BCUT2D eigenvalue weighted by Crippen LogP contribution is -2.24. The maximum atomic E-state index is 4.61. The van der Waals surface area contributed by atoms with Crippen LogP contribution in [0.15, 0.2) is 48.7 Å². The van der Waals surface area contributed by atoms with Crippen molar-refractivity contribution < 1.29 is 0 Å². The summed E-state index contributed by atoms with van der Waals surface area (Å²) in [4.78, 5) is 7.17. The molecule has 2 heterocycles. The van der Waals surface area contributed by atoms with Gasteiger partial charge in [-0.2, -0.15) is 0 Å². The average molecular weight is 252 g/mol. The van der Waals surface area contributed by atoms with Crippen molar-refractivity contribution >= 4 is 0 Å². The molecule has 19 heavy (non-hydrogen) atoms. The van der Waals surface area contributed by atoms with Crippen molar-refractivity contribution in [3.63, 3.8) is 0 Å². The van der Waals surface area contributed by atoms with Crippen LogP contribution >= 0.6 is 0 Å². The van der Waals surface area contributed by atoms with Gasteiger partial charge in [0.25, 0.3) is 0 Å². The minimum atomic E-state index is 0.487. The number of hydrogen-bond donors (Lipinski definition) is 0. The van der Waals surface area contributed by atoms with Gasteiger partial charge in [-0.25, -0.2) is 0 Å². The second-order valence-electron chi connectivity index (χ2n) is 5.32. The molecule has 2 nitrogen and oxygen atoms in total. The van der Waals surface area contributed by atoms with Crippen LogP contribution in [-0.4, -0.2) is 16.4 Å². The van der Waals surface area contributed by atoms with Crippen molar-refractivity contribution in [1.29, 1.82) is 0 Å². The first-order valence-electron chi connectivity index (χ1n) is 7.04. The Kier molecular flexibility index (Phi) is 3.60. The molecule has 2 aromatic rings. The number of aromatic nitrogens is 1. The molecule has 3 rings (SSSR count). The summed E-state index contributed by atoms with van der Waals surface area (Å²) in [5, 5.41) is 0. The first kappa shape index (κ1) is 12.4. The van der Waals surface area contributed by atoms with Gasteiger partial charge in [-0.1, -0.05) is 36.4 Å². The number of rotatable bonds is 3. The summed E-state index contributed by atoms with van der Waals surface area (Å²) < 4.78 is 0. The van der Waals surface area contributed by atoms with Crippen molar-refractivity contribution in [3.8, 4) is 0 Å². The molecular formula is C17H20N2. The highest BCUT2D eigenvalue weighted by Gasteiger charge is 2.27. The molecule has 0 saturated carbocycles. The van der Waals surface area contributed by atoms with Crippen LogP contribution < -0.4 is 0 Å². The van der Waals surface area contributed by atoms with E-state index >= 15 is 0 Å². The molecule has 0 aliphatic carbocycles. The molecular weight excluding hydrogens is 232 g/mol. The zero-order valence-corrected chi connectivity index (χ0v) is 11.4. The zero-order valence-electron chi connectivity index (χ0n) is 11.4. The Bertz CT molecular complexity index is 536. The maximum absolute atomic E-state index is 4.61. The van der Waals surface area contributed by atoms with E-state index in [1.807, 2.05) is 12.3 Å². The van der Waals surface area contributed by atoms with Gasteiger partial charge in [-0.05, 0) is 43.5 Å². The van der Waals surface area contributed by atoms with Crippen LogP contribution in [0.2, 0.25) is 0 Å². The maximum Gasteiger partial charge on any atom is 0.0604 e. The van der Waals surface area contributed by atoms with Crippen LogP contribution in [0.25, 0.3) is 0 Å². The number of aryl methyl sites for hydroxylation is 1. The molecule has 1 saturated heterocycles. The molecule has 1 aromatic carbocycles. The minimum absolute atomic E-state index is 0.487. The van der Waals surface area contributed by atoms with Crippen molar-refractivity contribution in [3.05, 3.63) is 65.5 Å². The van der Waals surface area contributed by atoms with Crippen LogP contribution in [0.5, 0.6) is 0 Å². The Morgan fingerprint density at radius 1 is 1.16 bits per heavy atom. The molecule has 0 unspecified atom stereocenters. The van der Waals surface area contributed by atoms with Crippen LogP contribution in [0.1, 0.15) is 35.7 Å². The van der Waals surface area contributed by atoms with Gasteiger partial charge < -0.3 is 0 Å². The monoisotopic (exact) mass is 252 g/mol. The van der Waals surface area contributed by atoms with Gasteiger partial charge in [0.05, 0.1) is 11.7 Å². The smallest absolute Gasteiger partial charge is 0.0604 e. The van der Waals surface area contributed by atoms with Gasteiger partial charge in [-0.3, -0.25) is 9.88 Å². The highest BCUT2D eigenvalue weighted by molar-refractivity contribution is 5.23. The fourth-order valence-corrected chi connectivity index (χ4v) is 2.99. The van der Waals surface area contributed by atoms with Gasteiger partial charge in [0.1, 0.15) is 0 Å². The Balaban J connectivity index is 1.81. The van der Waals surface area contributed by atoms with Gasteiger partial charge in [0.2, 0.25) is 0 Å². The van der Waals surface area contributed by atoms with Crippen molar-refractivity contribution in [1.82, 2.24) is 9.88 Å². The summed E-state index contributed by atoms with van der Waals surface area (Å²) in [5.74, 6) is 0. The molecule has 0 bridgehead atoms. The topological polar surface area (TPSA) is 16.1 Å². The Morgan fingerprint density at radius 2 is 2.00 bits per heavy atom. The molecule has 0 amide bonds. The first-order chi connectivity index (χ1) is 9.34. The minimum Gasteiger partial charge on any atom is -0.291 e. The normalized spacial score (nSPS) is 19.7. The van der Waals surface area contributed by atoms with E-state index in [1.54, 1.807) is 0 Å². The summed E-state index contributed by atoms with van der Waals surface area (Å²) in [7, 11) is 0. The van der Waals surface area contributed by atoms with Crippen LogP contribution in [-0.2, 0) is 6.54 Å². The highest BCUT2D eigenvalue weighted by atomic mass is 15.2. The third kappa shape index (κ3) is 2.69. The lowest BCUT2D eigenvalue weighted by atomic mass is 10.1. The average Bonchev–Trinajstić information content (AvgIpc) is 2.88. The van der Waals surface area contributed by atoms with E-state index in [1.165, 1.54) is 36.2 Å². The van der Waals surface area contributed by atoms with Crippen molar-refractivity contribution in [2.24, 2.45) is 0 Å². The Hall–Kier alpha value is -1.67. The molecule has 1 aliphatic heterocycles. The molecule has 1 aromatic heterocycles. The van der Waals surface area contributed by atoms with E-state index in [-0.39, 0.29) is 0 Å². The van der Waals surface area contributed by atoms with E-state index < -0.39 is 0 Å². The third-order valence-corrected chi connectivity index (χ3v) is 3.96. The fourth-order valence-electron chi connectivity index (χ4n) is 2.99. The molecule has 1 fully saturated rings. The standard InChI is InChI=1S/C17H20N2/c1-14-7-5-11-18-17(14)16-10-6-12-19(16)13-15-8-3-2-4-9-15/h2-5,7-9,11,16H,6,10,12-13H2,1H3/t16-/m1/s1. The molecule has 0 N–H and O–H groups in total. The summed E-state index contributed by atoms with van der Waals surface area (Å²) >= 11 is 0. The van der Waals surface area contributed by atoms with E-state index in [4.69, 9.17) is 0 Å². The number of pyridine rings is 1. The predicted molar refractivity (Wildman–Crippen MR) is 77.8 cm³/mol. The molecule has 2 heteroatoms. The third-order valence-electron chi connectivity index (χ3n) is 3.96. The molecule has 1 aliphatic rings. The van der Waals surface area contributed by atoms with Crippen LogP contribution in [0, 0.1) is 6.92 Å². The lowest BCUT2D eigenvalue weighted by Gasteiger charge is -2.25. The van der Waals surface area contributed by atoms with E-state index in [2.05, 4.69) is 53.2 Å². The molecule has 1 atom stereocenters. The largest absolute Gasteiger partial charge is 0.291 e. The van der Waals surface area contributed by atoms with Crippen LogP contribution in [0.4, 0.5) is 0 Å². The highest BCUT2D eigenvalue weighted by Crippen LogP contribution is 2.33. The van der Waals surface area contributed by atoms with Gasteiger partial charge >= 0.3 is 0 Å². The van der Waals surface area contributed by atoms with E-state index in [0.717, 1.165) is 6.54 Å².